The Morgan fingerprint density at radius 3 is 2.42 bits per heavy atom. The normalized spacial score (nSPS) is 11.7. The Labute approximate surface area is 75.8 Å². The molecule has 5 nitrogen and oxygen atoms in total. The van der Waals surface area contributed by atoms with E-state index in [9.17, 15) is 13.2 Å². The van der Waals surface area contributed by atoms with Crippen LogP contribution in [-0.2, 0) is 18.8 Å². The van der Waals surface area contributed by atoms with Gasteiger partial charge in [0.2, 0.25) is 0 Å². The van der Waals surface area contributed by atoms with Crippen LogP contribution in [0.3, 0.4) is 0 Å². The largest absolute Gasteiger partial charge is 0.465 e. The van der Waals surface area contributed by atoms with Crippen LogP contribution in [0.25, 0.3) is 0 Å². The summed E-state index contributed by atoms with van der Waals surface area (Å²) >= 11 is 0. The van der Waals surface area contributed by atoms with Gasteiger partial charge in [-0.2, -0.15) is 12.7 Å². The standard InChI is InChI=1S/C5H10ClNO4S/c1-3-11-5(8)4-7(2)12(6,9)10/h3-4H2,1-2H3. The Balaban J connectivity index is 4.02. The molecule has 0 aromatic rings. The first-order valence-corrected chi connectivity index (χ1v) is 5.46. The highest BCUT2D eigenvalue weighted by molar-refractivity contribution is 8.11. The molecule has 0 saturated carbocycles. The van der Waals surface area contributed by atoms with Crippen molar-refractivity contribution in [3.63, 3.8) is 0 Å². The minimum atomic E-state index is -3.81. The van der Waals surface area contributed by atoms with Gasteiger partial charge in [0.25, 0.3) is 9.24 Å². The van der Waals surface area contributed by atoms with Crippen LogP contribution in [-0.4, -0.2) is 38.9 Å². The van der Waals surface area contributed by atoms with E-state index in [1.807, 2.05) is 0 Å². The summed E-state index contributed by atoms with van der Waals surface area (Å²) in [6.07, 6.45) is 0. The van der Waals surface area contributed by atoms with Crippen molar-refractivity contribution in [2.24, 2.45) is 0 Å². The highest BCUT2D eigenvalue weighted by Crippen LogP contribution is 2.02. The Bertz CT molecular complexity index is 250. The minimum absolute atomic E-state index is 0.217. The number of hydrogen-bond donors (Lipinski definition) is 0. The van der Waals surface area contributed by atoms with Crippen molar-refractivity contribution in [3.05, 3.63) is 0 Å². The fourth-order valence-corrected chi connectivity index (χ4v) is 0.872. The molecule has 0 radical (unpaired) electrons. The van der Waals surface area contributed by atoms with E-state index in [1.54, 1.807) is 6.92 Å². The highest BCUT2D eigenvalue weighted by atomic mass is 35.7. The topological polar surface area (TPSA) is 63.7 Å². The Morgan fingerprint density at radius 1 is 1.58 bits per heavy atom. The average molecular weight is 216 g/mol. The monoisotopic (exact) mass is 215 g/mol. The lowest BCUT2D eigenvalue weighted by molar-refractivity contribution is -0.143. The number of hydrogen-bond acceptors (Lipinski definition) is 4. The van der Waals surface area contributed by atoms with E-state index in [0.717, 1.165) is 0 Å². The molecule has 0 amide bonds. The van der Waals surface area contributed by atoms with Gasteiger partial charge in [0.15, 0.2) is 0 Å². The van der Waals surface area contributed by atoms with Gasteiger partial charge in [-0.05, 0) is 6.92 Å². The van der Waals surface area contributed by atoms with Crippen molar-refractivity contribution in [1.82, 2.24) is 4.31 Å². The summed E-state index contributed by atoms with van der Waals surface area (Å²) in [5.41, 5.74) is 0. The molecule has 0 saturated heterocycles. The van der Waals surface area contributed by atoms with Crippen molar-refractivity contribution in [1.29, 1.82) is 0 Å². The molecule has 0 aliphatic rings. The first kappa shape index (κ1) is 11.7. The van der Waals surface area contributed by atoms with E-state index >= 15 is 0 Å². The number of halogens is 1. The van der Waals surface area contributed by atoms with E-state index in [2.05, 4.69) is 4.74 Å². The van der Waals surface area contributed by atoms with Crippen molar-refractivity contribution in [2.45, 2.75) is 6.92 Å². The first-order valence-electron chi connectivity index (χ1n) is 3.19. The lowest BCUT2D eigenvalue weighted by Gasteiger charge is -2.10. The highest BCUT2D eigenvalue weighted by Gasteiger charge is 2.17. The molecule has 0 fully saturated rings. The molecule has 0 atom stereocenters. The second kappa shape index (κ2) is 4.64. The van der Waals surface area contributed by atoms with E-state index in [0.29, 0.717) is 4.31 Å². The Hall–Kier alpha value is -0.330. The first-order chi connectivity index (χ1) is 5.38. The third-order valence-electron chi connectivity index (χ3n) is 1.03. The fraction of sp³-hybridized carbons (Fsp3) is 0.800. The summed E-state index contributed by atoms with van der Waals surface area (Å²) in [6.45, 7) is 1.49. The predicted molar refractivity (Wildman–Crippen MR) is 44.0 cm³/mol. The molecule has 0 aromatic carbocycles. The summed E-state index contributed by atoms with van der Waals surface area (Å²) in [4.78, 5) is 10.7. The van der Waals surface area contributed by atoms with Crippen LogP contribution in [0.2, 0.25) is 0 Å². The second-order valence-corrected chi connectivity index (χ2v) is 4.62. The molecule has 7 heteroatoms. The Kier molecular flexibility index (Phi) is 4.51. The van der Waals surface area contributed by atoms with Gasteiger partial charge >= 0.3 is 5.97 Å². The number of carbonyl (C=O) groups excluding carboxylic acids is 1. The molecule has 0 heterocycles. The summed E-state index contributed by atoms with van der Waals surface area (Å²) in [5, 5.41) is 0. The fourth-order valence-electron chi connectivity index (χ4n) is 0.466. The maximum atomic E-state index is 10.7. The summed E-state index contributed by atoms with van der Waals surface area (Å²) in [7, 11) is 2.30. The average Bonchev–Trinajstić information content (AvgIpc) is 1.85. The summed E-state index contributed by atoms with van der Waals surface area (Å²) in [5.74, 6) is -0.621. The zero-order valence-corrected chi connectivity index (χ0v) is 8.35. The van der Waals surface area contributed by atoms with Crippen LogP contribution < -0.4 is 0 Å². The molecule has 0 aliphatic carbocycles. The van der Waals surface area contributed by atoms with Crippen LogP contribution in [0.5, 0.6) is 0 Å². The lowest BCUT2D eigenvalue weighted by Crippen LogP contribution is -2.29. The molecule has 0 spiro atoms. The van der Waals surface area contributed by atoms with Gasteiger partial charge in [-0.3, -0.25) is 4.79 Å². The van der Waals surface area contributed by atoms with Crippen molar-refractivity contribution < 1.29 is 17.9 Å². The summed E-state index contributed by atoms with van der Waals surface area (Å²) < 4.78 is 26.3. The zero-order chi connectivity index (χ0) is 9.78. The number of likely N-dealkylation sites (N-methyl/N-ethyl adjacent to an activating group) is 1. The van der Waals surface area contributed by atoms with Crippen molar-refractivity contribution in [3.8, 4) is 0 Å². The van der Waals surface area contributed by atoms with Gasteiger partial charge in [-0.25, -0.2) is 0 Å². The minimum Gasteiger partial charge on any atom is -0.465 e. The van der Waals surface area contributed by atoms with E-state index in [-0.39, 0.29) is 13.2 Å². The molecule has 0 N–H and O–H groups in total. The smallest absolute Gasteiger partial charge is 0.321 e. The van der Waals surface area contributed by atoms with Gasteiger partial charge in [0.05, 0.1) is 6.61 Å². The third-order valence-corrected chi connectivity index (χ3v) is 2.61. The number of carbonyl (C=O) groups is 1. The van der Waals surface area contributed by atoms with Crippen LogP contribution in [0.15, 0.2) is 0 Å². The molecule has 0 bridgehead atoms. The number of rotatable bonds is 4. The van der Waals surface area contributed by atoms with E-state index in [1.165, 1.54) is 7.05 Å². The number of nitrogens with zero attached hydrogens (tertiary/aromatic N) is 1. The zero-order valence-electron chi connectivity index (χ0n) is 6.78. The maximum absolute atomic E-state index is 10.7. The third kappa shape index (κ3) is 4.53. The molecule has 0 aliphatic heterocycles. The molecular formula is C5H10ClNO4S. The second-order valence-electron chi connectivity index (χ2n) is 2.00. The van der Waals surface area contributed by atoms with E-state index < -0.39 is 15.2 Å². The van der Waals surface area contributed by atoms with Crippen LogP contribution in [0.4, 0.5) is 0 Å². The Morgan fingerprint density at radius 2 is 2.08 bits per heavy atom. The van der Waals surface area contributed by atoms with Crippen molar-refractivity contribution in [2.75, 3.05) is 20.2 Å². The van der Waals surface area contributed by atoms with Crippen molar-refractivity contribution >= 4 is 25.9 Å². The van der Waals surface area contributed by atoms with Crippen LogP contribution >= 0.6 is 10.7 Å². The van der Waals surface area contributed by atoms with E-state index in [4.69, 9.17) is 10.7 Å². The van der Waals surface area contributed by atoms with Gasteiger partial charge in [-0.15, -0.1) is 0 Å². The molecule has 0 rings (SSSR count). The predicted octanol–water partition coefficient (Wildman–Crippen LogP) is -0.0351. The van der Waals surface area contributed by atoms with Crippen LogP contribution in [0.1, 0.15) is 6.92 Å². The maximum Gasteiger partial charge on any atom is 0.321 e. The molecule has 0 unspecified atom stereocenters. The molecule has 0 aromatic heterocycles. The van der Waals surface area contributed by atoms with Gasteiger partial charge in [0, 0.05) is 17.7 Å². The quantitative estimate of drug-likeness (QED) is 0.488. The summed E-state index contributed by atoms with van der Waals surface area (Å²) in [6, 6.07) is 0. The molecular weight excluding hydrogens is 206 g/mol. The molecule has 12 heavy (non-hydrogen) atoms. The van der Waals surface area contributed by atoms with Gasteiger partial charge < -0.3 is 4.74 Å². The number of esters is 1. The SMILES string of the molecule is CCOC(=O)CN(C)S(=O)(=O)Cl. The van der Waals surface area contributed by atoms with Gasteiger partial charge in [-0.1, -0.05) is 0 Å². The lowest BCUT2D eigenvalue weighted by atomic mass is 10.6. The number of ether oxygens (including phenoxy) is 1. The molecule has 72 valence electrons. The van der Waals surface area contributed by atoms with Crippen LogP contribution in [0, 0.1) is 0 Å². The van der Waals surface area contributed by atoms with Gasteiger partial charge in [0.1, 0.15) is 6.54 Å².